The van der Waals surface area contributed by atoms with Gasteiger partial charge in [0.2, 0.25) is 0 Å². The fourth-order valence-corrected chi connectivity index (χ4v) is 11.3. The fourth-order valence-electron chi connectivity index (χ4n) is 11.3. The Balaban J connectivity index is 1.05. The summed E-state index contributed by atoms with van der Waals surface area (Å²) in [4.78, 5) is 0. The Morgan fingerprint density at radius 2 is 1.15 bits per heavy atom. The third-order valence-electron chi connectivity index (χ3n) is 14.6. The van der Waals surface area contributed by atoms with E-state index in [4.69, 9.17) is 5.73 Å². The molecule has 67 heavy (non-hydrogen) atoms. The molecule has 3 heteroatoms. The van der Waals surface area contributed by atoms with E-state index in [-0.39, 0.29) is 6.04 Å². The molecule has 0 aliphatic heterocycles. The van der Waals surface area contributed by atoms with Crippen molar-refractivity contribution in [3.63, 3.8) is 0 Å². The van der Waals surface area contributed by atoms with Crippen LogP contribution in [0, 0.1) is 5.92 Å². The number of allylic oxidation sites excluding steroid dienone is 7. The average Bonchev–Trinajstić information content (AvgIpc) is 3.90. The number of nitrogens with zero attached hydrogens (tertiary/aromatic N) is 2. The second-order valence-corrected chi connectivity index (χ2v) is 18.4. The van der Waals surface area contributed by atoms with Gasteiger partial charge in [-0.15, -0.1) is 0 Å². The smallest absolute Gasteiger partial charge is 0.0576 e. The number of hydrogen-bond donors (Lipinski definition) is 1. The van der Waals surface area contributed by atoms with Crippen LogP contribution in [0.25, 0.3) is 105 Å². The maximum absolute atomic E-state index is 5.81. The van der Waals surface area contributed by atoms with Crippen molar-refractivity contribution in [3.8, 4) is 55.6 Å². The van der Waals surface area contributed by atoms with Crippen LogP contribution in [-0.4, -0.2) is 9.13 Å². The Bertz CT molecular complexity index is 3670. The molecule has 10 aromatic rings. The van der Waals surface area contributed by atoms with Gasteiger partial charge in [0, 0.05) is 44.7 Å². The molecule has 0 fully saturated rings. The molecule has 8 aromatic carbocycles. The highest BCUT2D eigenvalue weighted by Crippen LogP contribution is 2.47. The Morgan fingerprint density at radius 1 is 0.552 bits per heavy atom. The van der Waals surface area contributed by atoms with Gasteiger partial charge < -0.3 is 14.9 Å². The van der Waals surface area contributed by atoms with Crippen molar-refractivity contribution in [1.82, 2.24) is 9.13 Å². The van der Waals surface area contributed by atoms with Crippen molar-refractivity contribution in [2.75, 3.05) is 0 Å². The lowest BCUT2D eigenvalue weighted by Gasteiger charge is -2.26. The van der Waals surface area contributed by atoms with E-state index >= 15 is 0 Å². The molecule has 0 radical (unpaired) electrons. The zero-order valence-electron chi connectivity index (χ0n) is 38.2. The first kappa shape index (κ1) is 40.6. The molecule has 3 nitrogen and oxygen atoms in total. The number of fused-ring (bicyclic) bond motifs is 10. The zero-order valence-corrected chi connectivity index (χ0v) is 38.2. The van der Waals surface area contributed by atoms with E-state index in [1.807, 2.05) is 6.08 Å². The lowest BCUT2D eigenvalue weighted by Crippen LogP contribution is -2.12. The van der Waals surface area contributed by atoms with Gasteiger partial charge in [0.05, 0.1) is 16.6 Å². The van der Waals surface area contributed by atoms with E-state index in [1.165, 1.54) is 116 Å². The molecule has 2 aliphatic carbocycles. The number of benzene rings is 8. The summed E-state index contributed by atoms with van der Waals surface area (Å²) < 4.78 is 5.18. The Hall–Kier alpha value is -7.88. The first-order valence-corrected chi connectivity index (χ1v) is 24.0. The molecule has 12 rings (SSSR count). The van der Waals surface area contributed by atoms with Gasteiger partial charge in [-0.2, -0.15) is 0 Å². The average molecular weight is 864 g/mol. The maximum Gasteiger partial charge on any atom is 0.0576 e. The molecule has 2 atom stereocenters. The summed E-state index contributed by atoms with van der Waals surface area (Å²) in [7, 11) is 0. The Morgan fingerprint density at radius 3 is 1.81 bits per heavy atom. The molecule has 2 N–H and O–H groups in total. The molecule has 0 bridgehead atoms. The summed E-state index contributed by atoms with van der Waals surface area (Å²) in [5, 5.41) is 5.22. The molecule has 2 unspecified atom stereocenters. The number of rotatable bonds is 9. The molecule has 0 saturated heterocycles. The van der Waals surface area contributed by atoms with E-state index in [0.717, 1.165) is 25.7 Å². The standard InChI is InChI=1S/C64H53N3/c1-3-43-17-10-11-26-60(43)67-62-34-29-50(48-24-14-22-46(36-48)44-18-6-4-7-19-44)38-57(62)55-32-31-53-54(64(55)67)30-27-52-40-59-58-39-51(49-25-15-23-47(37-49)45-20-8-5-9-21-45)28-33-61(58)66(63(59)41-56(52)53)42(2)16-12-13-35-65/h4-16,18-26,28-29,31-43H,3,17,27,30,65H2,1-2H3/b16-12-,35-13-. The van der Waals surface area contributed by atoms with Crippen molar-refractivity contribution < 1.29 is 0 Å². The fraction of sp³-hybridized carbons (Fsp3) is 0.125. The second-order valence-electron chi connectivity index (χ2n) is 18.4. The largest absolute Gasteiger partial charge is 0.405 e. The number of aromatic nitrogens is 2. The first-order valence-electron chi connectivity index (χ1n) is 24.0. The Labute approximate surface area is 393 Å². The number of aryl methyl sites for hydroxylation is 2. The van der Waals surface area contributed by atoms with Gasteiger partial charge in [0.15, 0.2) is 0 Å². The van der Waals surface area contributed by atoms with Crippen LogP contribution in [0.3, 0.4) is 0 Å². The van der Waals surface area contributed by atoms with Crippen molar-refractivity contribution in [2.24, 2.45) is 11.7 Å². The number of hydrogen-bond acceptors (Lipinski definition) is 1. The first-order chi connectivity index (χ1) is 33.1. The highest BCUT2D eigenvalue weighted by atomic mass is 15.0. The van der Waals surface area contributed by atoms with Crippen molar-refractivity contribution in [3.05, 3.63) is 224 Å². The van der Waals surface area contributed by atoms with Gasteiger partial charge in [-0.3, -0.25) is 0 Å². The minimum absolute atomic E-state index is 0.0921. The highest BCUT2D eigenvalue weighted by Gasteiger charge is 2.28. The maximum atomic E-state index is 5.81. The summed E-state index contributed by atoms with van der Waals surface area (Å²) >= 11 is 0. The van der Waals surface area contributed by atoms with Crippen molar-refractivity contribution in [2.45, 2.75) is 45.6 Å². The summed E-state index contributed by atoms with van der Waals surface area (Å²) in [6.45, 7) is 4.63. The molecular formula is C64H53N3. The molecule has 0 saturated carbocycles. The van der Waals surface area contributed by atoms with E-state index in [9.17, 15) is 0 Å². The summed E-state index contributed by atoms with van der Waals surface area (Å²) in [6, 6.07) is 63.5. The van der Waals surface area contributed by atoms with Gasteiger partial charge >= 0.3 is 0 Å². The molecule has 2 aromatic heterocycles. The van der Waals surface area contributed by atoms with Gasteiger partial charge in [-0.25, -0.2) is 0 Å². The van der Waals surface area contributed by atoms with E-state index in [1.54, 1.807) is 6.20 Å². The minimum atomic E-state index is 0.0921. The lowest BCUT2D eigenvalue weighted by molar-refractivity contribution is 0.629. The minimum Gasteiger partial charge on any atom is -0.405 e. The topological polar surface area (TPSA) is 35.9 Å². The third kappa shape index (κ3) is 6.96. The lowest BCUT2D eigenvalue weighted by atomic mass is 9.83. The third-order valence-corrected chi connectivity index (χ3v) is 14.6. The molecule has 0 amide bonds. The van der Waals surface area contributed by atoms with Crippen LogP contribution in [0.2, 0.25) is 0 Å². The Kier molecular flexibility index (Phi) is 10.2. The number of nitrogens with two attached hydrogens (primary N) is 1. The quantitative estimate of drug-likeness (QED) is 0.144. The van der Waals surface area contributed by atoms with Crippen LogP contribution in [-0.2, 0) is 12.8 Å². The monoisotopic (exact) mass is 863 g/mol. The van der Waals surface area contributed by atoms with Crippen LogP contribution < -0.4 is 5.73 Å². The van der Waals surface area contributed by atoms with E-state index in [2.05, 4.69) is 223 Å². The van der Waals surface area contributed by atoms with Crippen LogP contribution in [0.4, 0.5) is 0 Å². The molecule has 324 valence electrons. The molecule has 0 spiro atoms. The molecule has 2 aliphatic rings. The summed E-state index contributed by atoms with van der Waals surface area (Å²) in [6.07, 6.45) is 18.9. The van der Waals surface area contributed by atoms with Crippen LogP contribution in [0.1, 0.15) is 43.9 Å². The summed E-state index contributed by atoms with van der Waals surface area (Å²) in [5.74, 6) is 0.447. The van der Waals surface area contributed by atoms with E-state index < -0.39 is 0 Å². The second kappa shape index (κ2) is 16.8. The van der Waals surface area contributed by atoms with Crippen molar-refractivity contribution in [1.29, 1.82) is 0 Å². The predicted octanol–water partition coefficient (Wildman–Crippen LogP) is 16.8. The van der Waals surface area contributed by atoms with Crippen molar-refractivity contribution >= 4 is 49.3 Å². The van der Waals surface area contributed by atoms with Gasteiger partial charge in [0.25, 0.3) is 0 Å². The van der Waals surface area contributed by atoms with Crippen LogP contribution in [0.15, 0.2) is 213 Å². The van der Waals surface area contributed by atoms with Gasteiger partial charge in [-0.1, -0.05) is 153 Å². The summed E-state index contributed by atoms with van der Waals surface area (Å²) in [5.41, 5.74) is 27.7. The molecule has 2 heterocycles. The van der Waals surface area contributed by atoms with Crippen LogP contribution >= 0.6 is 0 Å². The predicted molar refractivity (Wildman–Crippen MR) is 286 cm³/mol. The van der Waals surface area contributed by atoms with Gasteiger partial charge in [0.1, 0.15) is 0 Å². The normalized spacial score (nSPS) is 15.3. The van der Waals surface area contributed by atoms with Crippen LogP contribution in [0.5, 0.6) is 0 Å². The van der Waals surface area contributed by atoms with E-state index in [0.29, 0.717) is 5.92 Å². The van der Waals surface area contributed by atoms with Gasteiger partial charge in [-0.05, 0) is 166 Å². The SMILES string of the molecule is CCC1CC=CC=C1n1c2ccc(-c3cccc(-c4ccccc4)c3)cc2c2ccc3c(c21)CCc1cc2c4cc(-c5cccc(-c6ccccc6)c5)ccc4n(C(C)/C=C\C=C/N)c2cc1-3. The molecular weight excluding hydrogens is 811 g/mol. The highest BCUT2D eigenvalue weighted by molar-refractivity contribution is 6.15. The zero-order chi connectivity index (χ0) is 45.0.